The smallest absolute Gasteiger partial charge is 0.201 e. The third kappa shape index (κ3) is 2.56. The van der Waals surface area contributed by atoms with Gasteiger partial charge >= 0.3 is 0 Å². The lowest BCUT2D eigenvalue weighted by atomic mass is 10.1. The maximum Gasteiger partial charge on any atom is 0.201 e. The van der Waals surface area contributed by atoms with Crippen LogP contribution in [0.3, 0.4) is 0 Å². The maximum atomic E-state index is 12.9. The van der Waals surface area contributed by atoms with Crippen LogP contribution in [0.2, 0.25) is 0 Å². The quantitative estimate of drug-likeness (QED) is 0.516. The number of hydrogen-bond acceptors (Lipinski definition) is 5. The molecular weight excluding hydrogens is 360 g/mol. The van der Waals surface area contributed by atoms with E-state index in [4.69, 9.17) is 11.6 Å². The third-order valence-corrected chi connectivity index (χ3v) is 6.63. The summed E-state index contributed by atoms with van der Waals surface area (Å²) in [6.07, 6.45) is 1.42. The van der Waals surface area contributed by atoms with Crippen LogP contribution in [0.4, 0.5) is 0 Å². The molecule has 8 heteroatoms. The molecule has 0 saturated carbocycles. The van der Waals surface area contributed by atoms with Crippen molar-refractivity contribution in [2.24, 2.45) is 0 Å². The van der Waals surface area contributed by atoms with Crippen molar-refractivity contribution in [2.75, 3.05) is 0 Å². The van der Waals surface area contributed by atoms with Crippen LogP contribution in [-0.2, 0) is 9.84 Å². The Bertz CT molecular complexity index is 1190. The summed E-state index contributed by atoms with van der Waals surface area (Å²) in [6, 6.07) is 13.9. The normalized spacial score (nSPS) is 13.4. The number of hydrogen-bond donors (Lipinski definition) is 0. The van der Waals surface area contributed by atoms with Crippen molar-refractivity contribution in [2.45, 2.75) is 16.5 Å². The lowest BCUT2D eigenvalue weighted by molar-refractivity contribution is 0.592. The zero-order valence-electron chi connectivity index (χ0n) is 13.2. The first-order valence-electron chi connectivity index (χ1n) is 7.52. The molecule has 0 radical (unpaired) electrons. The first-order valence-corrected chi connectivity index (χ1v) is 9.50. The van der Waals surface area contributed by atoms with Crippen molar-refractivity contribution in [3.05, 3.63) is 66.1 Å². The minimum atomic E-state index is -3.80. The predicted molar refractivity (Wildman–Crippen MR) is 95.2 cm³/mol. The highest BCUT2D eigenvalue weighted by Gasteiger charge is 2.30. The van der Waals surface area contributed by atoms with Gasteiger partial charge in [-0.3, -0.25) is 0 Å². The molecule has 4 aromatic rings. The molecule has 0 N–H and O–H groups in total. The van der Waals surface area contributed by atoms with Crippen molar-refractivity contribution in [3.8, 4) is 0 Å². The number of alkyl halides is 1. The lowest BCUT2D eigenvalue weighted by Gasteiger charge is -2.13. The van der Waals surface area contributed by atoms with Crippen LogP contribution in [0.15, 0.2) is 59.8 Å². The van der Waals surface area contributed by atoms with Crippen LogP contribution in [0, 0.1) is 6.92 Å². The molecule has 0 aliphatic rings. The third-order valence-electron chi connectivity index (χ3n) is 4.03. The van der Waals surface area contributed by atoms with E-state index in [9.17, 15) is 8.42 Å². The number of fused-ring (bicyclic) bond motifs is 3. The minimum Gasteiger partial charge on any atom is -0.222 e. The number of rotatable bonds is 3. The standard InChI is InChI=1S/C17H13ClN4O2S/c1-11-6-8-12(9-7-11)25(23,24)16(18)15-13-4-2-3-5-14(13)17-20-19-10-22(17)21-15/h2-10,16H,1H3. The van der Waals surface area contributed by atoms with E-state index in [1.807, 2.05) is 25.1 Å². The zero-order valence-corrected chi connectivity index (χ0v) is 14.7. The molecule has 25 heavy (non-hydrogen) atoms. The Morgan fingerprint density at radius 1 is 1.04 bits per heavy atom. The summed E-state index contributed by atoms with van der Waals surface area (Å²) in [5.74, 6) is 0. The molecule has 2 aromatic heterocycles. The zero-order chi connectivity index (χ0) is 17.6. The summed E-state index contributed by atoms with van der Waals surface area (Å²) >= 11 is 6.41. The lowest BCUT2D eigenvalue weighted by Crippen LogP contribution is -2.12. The average molecular weight is 373 g/mol. The largest absolute Gasteiger partial charge is 0.222 e. The summed E-state index contributed by atoms with van der Waals surface area (Å²) in [7, 11) is -3.80. The molecule has 0 saturated heterocycles. The summed E-state index contributed by atoms with van der Waals surface area (Å²) < 4.78 is 26.0. The molecule has 6 nitrogen and oxygen atoms in total. The second-order valence-corrected chi connectivity index (χ2v) is 8.43. The van der Waals surface area contributed by atoms with Crippen LogP contribution in [0.1, 0.15) is 16.0 Å². The molecule has 1 unspecified atom stereocenters. The van der Waals surface area contributed by atoms with Gasteiger partial charge < -0.3 is 0 Å². The fraction of sp³-hybridized carbons (Fsp3) is 0.118. The monoisotopic (exact) mass is 372 g/mol. The number of nitrogens with zero attached hydrogens (tertiary/aromatic N) is 4. The van der Waals surface area contributed by atoms with Crippen molar-refractivity contribution in [1.29, 1.82) is 0 Å². The van der Waals surface area contributed by atoms with E-state index < -0.39 is 14.5 Å². The number of halogens is 1. The van der Waals surface area contributed by atoms with Gasteiger partial charge in [-0.05, 0) is 19.1 Å². The van der Waals surface area contributed by atoms with E-state index in [1.165, 1.54) is 10.8 Å². The van der Waals surface area contributed by atoms with Crippen molar-refractivity contribution in [1.82, 2.24) is 19.8 Å². The van der Waals surface area contributed by atoms with Gasteiger partial charge in [0.25, 0.3) is 0 Å². The fourth-order valence-electron chi connectivity index (χ4n) is 2.71. The Labute approximate surface area is 149 Å². The summed E-state index contributed by atoms with van der Waals surface area (Å²) in [4.78, 5) is 0.160. The molecule has 126 valence electrons. The van der Waals surface area contributed by atoms with Crippen molar-refractivity contribution >= 4 is 37.9 Å². The van der Waals surface area contributed by atoms with E-state index in [1.54, 1.807) is 30.3 Å². The van der Waals surface area contributed by atoms with Gasteiger partial charge in [-0.1, -0.05) is 53.6 Å². The number of sulfone groups is 1. The van der Waals surface area contributed by atoms with Crippen molar-refractivity contribution < 1.29 is 8.42 Å². The maximum absolute atomic E-state index is 12.9. The molecular formula is C17H13ClN4O2S. The molecule has 1 atom stereocenters. The van der Waals surface area contributed by atoms with Gasteiger partial charge in [-0.2, -0.15) is 9.61 Å². The topological polar surface area (TPSA) is 77.2 Å². The predicted octanol–water partition coefficient (Wildman–Crippen LogP) is 3.30. The molecule has 0 aliphatic carbocycles. The van der Waals surface area contributed by atoms with Gasteiger partial charge in [0, 0.05) is 10.8 Å². The van der Waals surface area contributed by atoms with E-state index >= 15 is 0 Å². The number of benzene rings is 2. The molecule has 2 heterocycles. The molecule has 0 fully saturated rings. The molecule has 2 aromatic carbocycles. The first kappa shape index (κ1) is 16.0. The molecule has 0 bridgehead atoms. The number of aromatic nitrogens is 4. The van der Waals surface area contributed by atoms with E-state index in [0.717, 1.165) is 10.9 Å². The molecule has 0 amide bonds. The number of aryl methyl sites for hydroxylation is 1. The highest BCUT2D eigenvalue weighted by atomic mass is 35.5. The Kier molecular flexibility index (Phi) is 3.70. The van der Waals surface area contributed by atoms with Crippen LogP contribution in [0.5, 0.6) is 0 Å². The van der Waals surface area contributed by atoms with Crippen LogP contribution in [-0.4, -0.2) is 28.2 Å². The molecule has 0 aliphatic heterocycles. The van der Waals surface area contributed by atoms with E-state index in [-0.39, 0.29) is 10.6 Å². The van der Waals surface area contributed by atoms with Crippen LogP contribution >= 0.6 is 11.6 Å². The van der Waals surface area contributed by atoms with Crippen molar-refractivity contribution in [3.63, 3.8) is 0 Å². The van der Waals surface area contributed by atoms with Gasteiger partial charge in [0.1, 0.15) is 12.0 Å². The highest BCUT2D eigenvalue weighted by Crippen LogP contribution is 2.35. The van der Waals surface area contributed by atoms with Gasteiger partial charge in [-0.25, -0.2) is 8.42 Å². The van der Waals surface area contributed by atoms with Crippen LogP contribution < -0.4 is 0 Å². The molecule has 4 rings (SSSR count). The average Bonchev–Trinajstić information content (AvgIpc) is 3.09. The van der Waals surface area contributed by atoms with E-state index in [0.29, 0.717) is 11.0 Å². The Hall–Kier alpha value is -2.51. The fourth-order valence-corrected chi connectivity index (χ4v) is 4.41. The highest BCUT2D eigenvalue weighted by molar-refractivity contribution is 7.92. The van der Waals surface area contributed by atoms with Gasteiger partial charge in [0.15, 0.2) is 10.4 Å². The summed E-state index contributed by atoms with van der Waals surface area (Å²) in [5, 5.41) is 13.6. The SMILES string of the molecule is Cc1ccc(S(=O)(=O)C(Cl)c2nn3cnnc3c3ccccc23)cc1. The Balaban J connectivity index is 1.94. The summed E-state index contributed by atoms with van der Waals surface area (Å²) in [5.41, 5.74) is 1.78. The first-order chi connectivity index (χ1) is 12.0. The van der Waals surface area contributed by atoms with Crippen LogP contribution in [0.25, 0.3) is 16.4 Å². The Morgan fingerprint density at radius 3 is 2.44 bits per heavy atom. The second kappa shape index (κ2) is 5.79. The van der Waals surface area contributed by atoms with Gasteiger partial charge in [0.05, 0.1) is 4.90 Å². The van der Waals surface area contributed by atoms with E-state index in [2.05, 4.69) is 15.3 Å². The summed E-state index contributed by atoms with van der Waals surface area (Å²) in [6.45, 7) is 1.89. The molecule has 0 spiro atoms. The van der Waals surface area contributed by atoms with Gasteiger partial charge in [0.2, 0.25) is 9.84 Å². The Morgan fingerprint density at radius 2 is 1.72 bits per heavy atom. The second-order valence-electron chi connectivity index (χ2n) is 5.70. The van der Waals surface area contributed by atoms with Gasteiger partial charge in [-0.15, -0.1) is 10.2 Å². The minimum absolute atomic E-state index is 0.160.